The Morgan fingerprint density at radius 2 is 1.56 bits per heavy atom. The number of rotatable bonds is 2. The molecule has 2 aliphatic carbocycles. The van der Waals surface area contributed by atoms with Crippen molar-refractivity contribution >= 4 is 43.8 Å². The third-order valence-electron chi connectivity index (χ3n) is 9.34. The molecule has 3 unspecified atom stereocenters. The molecule has 0 amide bonds. The van der Waals surface area contributed by atoms with E-state index in [1.807, 2.05) is 6.20 Å². The first-order valence-electron chi connectivity index (χ1n) is 14.7. The third kappa shape index (κ3) is 3.51. The van der Waals surface area contributed by atoms with Crippen LogP contribution in [0, 0.1) is 12.8 Å². The molecule has 4 aromatic carbocycles. The number of allylic oxidation sites excluding steroid dienone is 5. The van der Waals surface area contributed by atoms with Crippen LogP contribution in [0.3, 0.4) is 0 Å². The molecule has 0 saturated heterocycles. The monoisotopic (exact) mass is 531 g/mol. The zero-order chi connectivity index (χ0) is 27.9. The molecule has 8 rings (SSSR count). The Hall–Kier alpha value is -4.50. The number of aryl methyl sites for hydroxylation is 1. The maximum atomic E-state index is 5.40. The van der Waals surface area contributed by atoms with Crippen molar-refractivity contribution in [3.63, 3.8) is 0 Å². The van der Waals surface area contributed by atoms with Gasteiger partial charge in [-0.15, -0.1) is 0 Å². The molecule has 1 aromatic heterocycles. The van der Waals surface area contributed by atoms with Gasteiger partial charge < -0.3 is 4.90 Å². The Morgan fingerprint density at radius 3 is 2.32 bits per heavy atom. The Kier molecular flexibility index (Phi) is 5.19. The molecule has 1 aliphatic heterocycles. The fourth-order valence-corrected chi connectivity index (χ4v) is 7.30. The minimum Gasteiger partial charge on any atom is -0.331 e. The second kappa shape index (κ2) is 8.75. The lowest BCUT2D eigenvalue weighted by Gasteiger charge is -2.42. The summed E-state index contributed by atoms with van der Waals surface area (Å²) in [6.07, 6.45) is 15.0. The summed E-state index contributed by atoms with van der Waals surface area (Å²) >= 11 is 0. The summed E-state index contributed by atoms with van der Waals surface area (Å²) in [6, 6.07) is 24.1. The Labute approximate surface area is 241 Å². The lowest BCUT2D eigenvalue weighted by atomic mass is 9.78. The first-order chi connectivity index (χ1) is 19.9. The molecule has 3 heteroatoms. The van der Waals surface area contributed by atoms with Gasteiger partial charge in [0.1, 0.15) is 0 Å². The van der Waals surface area contributed by atoms with Gasteiger partial charge in [-0.2, -0.15) is 0 Å². The maximum Gasteiger partial charge on any atom is 0.0979 e. The minimum atomic E-state index is -0.204. The van der Waals surface area contributed by atoms with Gasteiger partial charge in [0.05, 0.1) is 28.5 Å². The van der Waals surface area contributed by atoms with E-state index >= 15 is 0 Å². The van der Waals surface area contributed by atoms with Crippen LogP contribution in [0.2, 0.25) is 0 Å². The smallest absolute Gasteiger partial charge is 0.0979 e. The van der Waals surface area contributed by atoms with Crippen LogP contribution in [-0.2, 0) is 0 Å². The van der Waals surface area contributed by atoms with Crippen molar-refractivity contribution in [2.45, 2.75) is 45.6 Å². The largest absolute Gasteiger partial charge is 0.331 e. The first kappa shape index (κ1) is 24.3. The summed E-state index contributed by atoms with van der Waals surface area (Å²) in [6.45, 7) is 9.10. The molecule has 0 N–H and O–H groups in total. The standard InChI is InChI=1S/C38H33N3/c1-23-14-16-34-31(19-23)32-20-25(3)17-18-38(32,4)41(34)35-21-24(2)13-15-30(35)33-22-39-36-28-11-7-5-9-26(28)27-10-6-8-12-29(27)37(36)40-33/h5-12,14-22,24,32H,13H2,1-4H3. The van der Waals surface area contributed by atoms with E-state index in [0.29, 0.717) is 11.8 Å². The molecule has 0 radical (unpaired) electrons. The molecule has 0 saturated carbocycles. The van der Waals surface area contributed by atoms with Gasteiger partial charge in [-0.3, -0.25) is 4.98 Å². The van der Waals surface area contributed by atoms with E-state index in [-0.39, 0.29) is 5.54 Å². The lowest BCUT2D eigenvalue weighted by molar-refractivity contribution is 0.526. The van der Waals surface area contributed by atoms with E-state index in [2.05, 4.69) is 130 Å². The van der Waals surface area contributed by atoms with Crippen LogP contribution in [0.15, 0.2) is 115 Å². The summed E-state index contributed by atoms with van der Waals surface area (Å²) in [5.74, 6) is 0.730. The number of hydrogen-bond donors (Lipinski definition) is 0. The second-order valence-electron chi connectivity index (χ2n) is 12.3. The van der Waals surface area contributed by atoms with Crippen molar-refractivity contribution in [2.24, 2.45) is 5.92 Å². The van der Waals surface area contributed by atoms with Crippen molar-refractivity contribution in [1.29, 1.82) is 0 Å². The molecule has 0 bridgehead atoms. The van der Waals surface area contributed by atoms with Crippen molar-refractivity contribution in [3.05, 3.63) is 131 Å². The second-order valence-corrected chi connectivity index (χ2v) is 12.3. The van der Waals surface area contributed by atoms with Crippen LogP contribution >= 0.6 is 0 Å². The Bertz CT molecular complexity index is 2010. The van der Waals surface area contributed by atoms with Crippen LogP contribution in [0.5, 0.6) is 0 Å². The third-order valence-corrected chi connectivity index (χ3v) is 9.34. The normalized spacial score (nSPS) is 23.4. The molecule has 2 heterocycles. The van der Waals surface area contributed by atoms with E-state index in [0.717, 1.165) is 33.9 Å². The molecular formula is C38H33N3. The fourth-order valence-electron chi connectivity index (χ4n) is 7.30. The van der Waals surface area contributed by atoms with E-state index in [4.69, 9.17) is 9.97 Å². The number of anilines is 1. The highest BCUT2D eigenvalue weighted by molar-refractivity contribution is 6.23. The van der Waals surface area contributed by atoms with Crippen LogP contribution < -0.4 is 4.90 Å². The highest BCUT2D eigenvalue weighted by Gasteiger charge is 2.49. The summed E-state index contributed by atoms with van der Waals surface area (Å²) in [5.41, 5.74) is 10.4. The van der Waals surface area contributed by atoms with Crippen molar-refractivity contribution < 1.29 is 0 Å². The van der Waals surface area contributed by atoms with Gasteiger partial charge in [0.15, 0.2) is 0 Å². The SMILES string of the molecule is CC1=CC2c3cc(C)ccc3N(C3=CC(C)CC=C3c3cnc4c5ccccc5c5ccccc5c4n3)C2(C)C=C1. The number of nitrogens with zero attached hydrogens (tertiary/aromatic N) is 3. The minimum absolute atomic E-state index is 0.204. The van der Waals surface area contributed by atoms with Gasteiger partial charge in [-0.25, -0.2) is 4.98 Å². The van der Waals surface area contributed by atoms with E-state index < -0.39 is 0 Å². The van der Waals surface area contributed by atoms with Crippen molar-refractivity contribution in [1.82, 2.24) is 9.97 Å². The van der Waals surface area contributed by atoms with Gasteiger partial charge in [0.2, 0.25) is 0 Å². The highest BCUT2D eigenvalue weighted by atomic mass is 15.2. The lowest BCUT2D eigenvalue weighted by Crippen LogP contribution is -2.45. The van der Waals surface area contributed by atoms with E-state index in [1.165, 1.54) is 44.4 Å². The number of fused-ring (bicyclic) bond motifs is 9. The predicted molar refractivity (Wildman–Crippen MR) is 172 cm³/mol. The quantitative estimate of drug-likeness (QED) is 0.212. The average molecular weight is 532 g/mol. The topological polar surface area (TPSA) is 29.0 Å². The Balaban J connectivity index is 1.35. The summed E-state index contributed by atoms with van der Waals surface area (Å²) in [7, 11) is 0. The van der Waals surface area contributed by atoms with Crippen LogP contribution in [0.4, 0.5) is 5.69 Å². The van der Waals surface area contributed by atoms with Gasteiger partial charge >= 0.3 is 0 Å². The molecule has 5 aromatic rings. The van der Waals surface area contributed by atoms with Gasteiger partial charge in [0, 0.05) is 33.6 Å². The maximum absolute atomic E-state index is 5.40. The fraction of sp³-hybridized carbons (Fsp3) is 0.211. The molecular weight excluding hydrogens is 498 g/mol. The zero-order valence-electron chi connectivity index (χ0n) is 24.0. The van der Waals surface area contributed by atoms with E-state index in [9.17, 15) is 0 Å². The summed E-state index contributed by atoms with van der Waals surface area (Å²) < 4.78 is 0. The predicted octanol–water partition coefficient (Wildman–Crippen LogP) is 9.43. The van der Waals surface area contributed by atoms with Crippen LogP contribution in [0.25, 0.3) is 38.2 Å². The summed E-state index contributed by atoms with van der Waals surface area (Å²) in [4.78, 5) is 13.1. The zero-order valence-corrected chi connectivity index (χ0v) is 24.0. The molecule has 0 spiro atoms. The van der Waals surface area contributed by atoms with E-state index in [1.54, 1.807) is 0 Å². The number of benzene rings is 4. The van der Waals surface area contributed by atoms with Gasteiger partial charge in [-0.05, 0) is 55.5 Å². The molecule has 3 atom stereocenters. The molecule has 41 heavy (non-hydrogen) atoms. The number of aromatic nitrogens is 2. The van der Waals surface area contributed by atoms with Gasteiger partial charge in [0.25, 0.3) is 0 Å². The Morgan fingerprint density at radius 1 is 0.854 bits per heavy atom. The summed E-state index contributed by atoms with van der Waals surface area (Å²) in [5, 5.41) is 4.74. The average Bonchev–Trinajstić information content (AvgIpc) is 3.24. The van der Waals surface area contributed by atoms with Crippen molar-refractivity contribution in [2.75, 3.05) is 4.90 Å². The molecule has 0 fully saturated rings. The highest BCUT2D eigenvalue weighted by Crippen LogP contribution is 2.55. The van der Waals surface area contributed by atoms with Crippen LogP contribution in [-0.4, -0.2) is 15.5 Å². The molecule has 3 nitrogen and oxygen atoms in total. The van der Waals surface area contributed by atoms with Crippen LogP contribution in [0.1, 0.15) is 49.9 Å². The molecule has 200 valence electrons. The van der Waals surface area contributed by atoms with Crippen molar-refractivity contribution in [3.8, 4) is 0 Å². The number of hydrogen-bond acceptors (Lipinski definition) is 3. The van der Waals surface area contributed by atoms with Gasteiger partial charge in [-0.1, -0.05) is 109 Å². The molecule has 3 aliphatic rings. The first-order valence-corrected chi connectivity index (χ1v) is 14.7.